The lowest BCUT2D eigenvalue weighted by atomic mass is 10.1. The first-order valence-electron chi connectivity index (χ1n) is 12.6. The van der Waals surface area contributed by atoms with Crippen LogP contribution in [0, 0.1) is 5.92 Å². The zero-order valence-electron chi connectivity index (χ0n) is 21.4. The number of anilines is 1. The maximum absolute atomic E-state index is 13.8. The summed E-state index contributed by atoms with van der Waals surface area (Å²) < 4.78 is 36.7. The number of carbonyl (C=O) groups excluding carboxylic acids is 1. The number of aldehydes is 1. The van der Waals surface area contributed by atoms with E-state index in [-0.39, 0.29) is 22.7 Å². The van der Waals surface area contributed by atoms with Crippen LogP contribution >= 0.6 is 0 Å². The van der Waals surface area contributed by atoms with Crippen molar-refractivity contribution >= 4 is 32.9 Å². The van der Waals surface area contributed by atoms with Crippen LogP contribution < -0.4 is 4.31 Å². The summed E-state index contributed by atoms with van der Waals surface area (Å²) in [6.45, 7) is 11.0. The normalized spacial score (nSPS) is 16.1. The van der Waals surface area contributed by atoms with Gasteiger partial charge in [-0.05, 0) is 67.5 Å². The van der Waals surface area contributed by atoms with Crippen molar-refractivity contribution in [2.24, 2.45) is 5.92 Å². The average molecular weight is 500 g/mol. The number of benzene rings is 2. The predicted octanol–water partition coefficient (Wildman–Crippen LogP) is 5.99. The van der Waals surface area contributed by atoms with Gasteiger partial charge in [0.05, 0.1) is 16.1 Å². The predicted molar refractivity (Wildman–Crippen MR) is 140 cm³/mol. The summed E-state index contributed by atoms with van der Waals surface area (Å²) >= 11 is 0. The van der Waals surface area contributed by atoms with Gasteiger partial charge < -0.3 is 4.74 Å². The molecule has 0 bridgehead atoms. The minimum absolute atomic E-state index is 0.136. The summed E-state index contributed by atoms with van der Waals surface area (Å²) in [7, 11) is -3.84. The Morgan fingerprint density at radius 1 is 1.14 bits per heavy atom. The van der Waals surface area contributed by atoms with E-state index in [4.69, 9.17) is 4.74 Å². The van der Waals surface area contributed by atoms with Crippen molar-refractivity contribution in [1.82, 2.24) is 9.78 Å². The quantitative estimate of drug-likeness (QED) is 0.356. The Kier molecular flexibility index (Phi) is 9.08. The molecule has 3 aromatic rings. The molecule has 1 saturated heterocycles. The first kappa shape index (κ1) is 26.9. The van der Waals surface area contributed by atoms with Crippen molar-refractivity contribution < 1.29 is 17.9 Å². The Morgan fingerprint density at radius 2 is 1.86 bits per heavy atom. The molecule has 1 atom stereocenters. The number of hydrogen-bond donors (Lipinski definition) is 0. The zero-order valence-corrected chi connectivity index (χ0v) is 22.2. The third-order valence-corrected chi connectivity index (χ3v) is 7.79. The highest BCUT2D eigenvalue weighted by Gasteiger charge is 2.28. The average Bonchev–Trinajstić information content (AvgIpc) is 3.27. The van der Waals surface area contributed by atoms with Gasteiger partial charge in [0.2, 0.25) is 0 Å². The van der Waals surface area contributed by atoms with Gasteiger partial charge in [0.25, 0.3) is 10.0 Å². The number of aryl methyl sites for hydroxylation is 1. The van der Waals surface area contributed by atoms with Gasteiger partial charge in [0.1, 0.15) is 5.69 Å². The van der Waals surface area contributed by atoms with Gasteiger partial charge in [-0.2, -0.15) is 5.10 Å². The van der Waals surface area contributed by atoms with Crippen LogP contribution in [0.5, 0.6) is 0 Å². The van der Waals surface area contributed by atoms with Crippen LogP contribution in [0.15, 0.2) is 47.4 Å². The molecule has 1 unspecified atom stereocenters. The third-order valence-electron chi connectivity index (χ3n) is 6.00. The van der Waals surface area contributed by atoms with E-state index in [1.807, 2.05) is 52.0 Å². The standard InChI is InChI=1S/C25H31N3O4S.C2H6/c1-4-19-8-10-20(11-9-19)27(16-18(2)3)33(30,31)21-12-13-22-23(17-29)26-28(24(22)15-21)25-7-5-6-14-32-25;1-2/h8-13,15,17-18,25H,4-7,14,16H2,1-3H3;1-2H3. The fraction of sp³-hybridized carbons (Fsp3) is 0.481. The second kappa shape index (κ2) is 11.8. The van der Waals surface area contributed by atoms with E-state index in [9.17, 15) is 13.2 Å². The fourth-order valence-corrected chi connectivity index (χ4v) is 5.87. The molecule has 2 heterocycles. The SMILES string of the molecule is CC.CCc1ccc(N(CC(C)C)S(=O)(=O)c2ccc3c(C=O)nn(C4CCCCO4)c3c2)cc1. The lowest BCUT2D eigenvalue weighted by Gasteiger charge is -2.27. The second-order valence-corrected chi connectivity index (χ2v) is 10.8. The van der Waals surface area contributed by atoms with E-state index in [1.54, 1.807) is 22.9 Å². The molecule has 8 heteroatoms. The minimum Gasteiger partial charge on any atom is -0.356 e. The van der Waals surface area contributed by atoms with E-state index >= 15 is 0 Å². The number of hydrogen-bond acceptors (Lipinski definition) is 5. The molecule has 0 radical (unpaired) electrons. The number of ether oxygens (including phenoxy) is 1. The van der Waals surface area contributed by atoms with Gasteiger partial charge >= 0.3 is 0 Å². The van der Waals surface area contributed by atoms with E-state index in [1.165, 1.54) is 4.31 Å². The Hall–Kier alpha value is -2.71. The van der Waals surface area contributed by atoms with Crippen molar-refractivity contribution in [2.45, 2.75) is 71.4 Å². The molecule has 0 saturated carbocycles. The van der Waals surface area contributed by atoms with Gasteiger partial charge in [-0.3, -0.25) is 9.10 Å². The third kappa shape index (κ3) is 5.76. The molecule has 7 nitrogen and oxygen atoms in total. The monoisotopic (exact) mass is 499 g/mol. The van der Waals surface area contributed by atoms with Crippen molar-refractivity contribution in [3.63, 3.8) is 0 Å². The molecule has 4 rings (SSSR count). The summed E-state index contributed by atoms with van der Waals surface area (Å²) in [6, 6.07) is 12.5. The molecule has 35 heavy (non-hydrogen) atoms. The van der Waals surface area contributed by atoms with Crippen molar-refractivity contribution in [3.05, 3.63) is 53.7 Å². The molecule has 1 aromatic heterocycles. The number of rotatable bonds is 8. The molecule has 1 fully saturated rings. The molecule has 190 valence electrons. The van der Waals surface area contributed by atoms with Crippen LogP contribution in [0.4, 0.5) is 5.69 Å². The van der Waals surface area contributed by atoms with Crippen molar-refractivity contribution in [2.75, 3.05) is 17.5 Å². The Morgan fingerprint density at radius 3 is 2.43 bits per heavy atom. The molecule has 2 aromatic carbocycles. The van der Waals surface area contributed by atoms with Crippen LogP contribution in [0.3, 0.4) is 0 Å². The van der Waals surface area contributed by atoms with Crippen molar-refractivity contribution in [1.29, 1.82) is 0 Å². The second-order valence-electron chi connectivity index (χ2n) is 8.90. The number of nitrogens with zero attached hydrogens (tertiary/aromatic N) is 3. The van der Waals surface area contributed by atoms with Crippen LogP contribution in [-0.2, 0) is 21.2 Å². The van der Waals surface area contributed by atoms with E-state index in [0.717, 1.165) is 31.2 Å². The molecule has 0 amide bonds. The maximum atomic E-state index is 13.8. The summed E-state index contributed by atoms with van der Waals surface area (Å²) in [5, 5.41) is 5.07. The summed E-state index contributed by atoms with van der Waals surface area (Å²) in [5.41, 5.74) is 2.67. The molecular weight excluding hydrogens is 462 g/mol. The number of carbonyl (C=O) groups is 1. The lowest BCUT2D eigenvalue weighted by Crippen LogP contribution is -2.34. The van der Waals surface area contributed by atoms with E-state index in [0.29, 0.717) is 36.0 Å². The van der Waals surface area contributed by atoms with Gasteiger partial charge in [-0.15, -0.1) is 0 Å². The van der Waals surface area contributed by atoms with Crippen LogP contribution in [0.2, 0.25) is 0 Å². The van der Waals surface area contributed by atoms with Gasteiger partial charge in [0, 0.05) is 18.5 Å². The first-order valence-corrected chi connectivity index (χ1v) is 14.0. The van der Waals surface area contributed by atoms with Gasteiger partial charge in [-0.25, -0.2) is 13.1 Å². The summed E-state index contributed by atoms with van der Waals surface area (Å²) in [4.78, 5) is 11.8. The lowest BCUT2D eigenvalue weighted by molar-refractivity contribution is -0.0367. The fourth-order valence-electron chi connectivity index (χ4n) is 4.22. The highest BCUT2D eigenvalue weighted by atomic mass is 32.2. The Labute approximate surface area is 209 Å². The topological polar surface area (TPSA) is 81.5 Å². The first-order chi connectivity index (χ1) is 16.8. The van der Waals surface area contributed by atoms with E-state index in [2.05, 4.69) is 12.0 Å². The van der Waals surface area contributed by atoms with Gasteiger partial charge in [0.15, 0.2) is 12.5 Å². The van der Waals surface area contributed by atoms with Crippen LogP contribution in [0.25, 0.3) is 10.9 Å². The van der Waals surface area contributed by atoms with E-state index < -0.39 is 10.0 Å². The van der Waals surface area contributed by atoms with Crippen molar-refractivity contribution in [3.8, 4) is 0 Å². The van der Waals surface area contributed by atoms with Gasteiger partial charge in [-0.1, -0.05) is 46.8 Å². The molecule has 0 aliphatic carbocycles. The molecule has 0 N–H and O–H groups in total. The minimum atomic E-state index is -3.84. The smallest absolute Gasteiger partial charge is 0.264 e. The number of aromatic nitrogens is 2. The maximum Gasteiger partial charge on any atom is 0.264 e. The number of fused-ring (bicyclic) bond motifs is 1. The molecular formula is C27H37N3O4S. The molecule has 0 spiro atoms. The number of sulfonamides is 1. The Bertz CT molecular complexity index is 1230. The summed E-state index contributed by atoms with van der Waals surface area (Å²) in [5.74, 6) is 0.136. The largest absolute Gasteiger partial charge is 0.356 e. The van der Waals surface area contributed by atoms with Crippen LogP contribution in [0.1, 0.15) is 76.2 Å². The summed E-state index contributed by atoms with van der Waals surface area (Å²) in [6.07, 6.45) is 4.04. The zero-order chi connectivity index (χ0) is 25.6. The molecule has 1 aliphatic heterocycles. The Balaban J connectivity index is 0.00000167. The highest BCUT2D eigenvalue weighted by Crippen LogP contribution is 2.31. The van der Waals surface area contributed by atoms with Crippen LogP contribution in [-0.4, -0.2) is 37.6 Å². The molecule has 1 aliphatic rings. The highest BCUT2D eigenvalue weighted by molar-refractivity contribution is 7.92.